The Balaban J connectivity index is 1.39. The highest BCUT2D eigenvalue weighted by Crippen LogP contribution is 2.27. The third-order valence-corrected chi connectivity index (χ3v) is 5.62. The van der Waals surface area contributed by atoms with E-state index in [4.69, 9.17) is 16.0 Å². The van der Waals surface area contributed by atoms with Crippen molar-refractivity contribution in [3.8, 4) is 0 Å². The van der Waals surface area contributed by atoms with E-state index in [1.54, 1.807) is 12.4 Å². The molecule has 3 heterocycles. The van der Waals surface area contributed by atoms with Crippen LogP contribution in [-0.2, 0) is 24.2 Å². The zero-order valence-corrected chi connectivity index (χ0v) is 17.3. The molecule has 0 spiro atoms. The third-order valence-electron chi connectivity index (χ3n) is 5.39. The van der Waals surface area contributed by atoms with Crippen molar-refractivity contribution in [1.82, 2.24) is 19.4 Å². The SMILES string of the molecule is CCc1nccn1CC(=O)N1CCC[C@H](c2ncc(Cc3cccc(Cl)c3)o2)C1. The van der Waals surface area contributed by atoms with Gasteiger partial charge in [-0.05, 0) is 30.5 Å². The van der Waals surface area contributed by atoms with Gasteiger partial charge in [0.25, 0.3) is 0 Å². The van der Waals surface area contributed by atoms with E-state index < -0.39 is 0 Å². The monoisotopic (exact) mass is 412 g/mol. The molecule has 7 heteroatoms. The number of amides is 1. The van der Waals surface area contributed by atoms with Crippen LogP contribution in [0.2, 0.25) is 5.02 Å². The summed E-state index contributed by atoms with van der Waals surface area (Å²) >= 11 is 6.06. The van der Waals surface area contributed by atoms with Gasteiger partial charge in [0.15, 0.2) is 5.89 Å². The van der Waals surface area contributed by atoms with Crippen LogP contribution in [0, 0.1) is 0 Å². The van der Waals surface area contributed by atoms with Gasteiger partial charge in [-0.1, -0.05) is 30.7 Å². The van der Waals surface area contributed by atoms with Gasteiger partial charge >= 0.3 is 0 Å². The molecule has 6 nitrogen and oxygen atoms in total. The molecular formula is C22H25ClN4O2. The van der Waals surface area contributed by atoms with E-state index in [0.717, 1.165) is 48.8 Å². The van der Waals surface area contributed by atoms with E-state index in [9.17, 15) is 4.79 Å². The molecule has 1 saturated heterocycles. The molecule has 1 aliphatic heterocycles. The minimum atomic E-state index is 0.119. The third kappa shape index (κ3) is 4.70. The number of halogens is 1. The Bertz CT molecular complexity index is 981. The number of carbonyl (C=O) groups excluding carboxylic acids is 1. The first-order valence-electron chi connectivity index (χ1n) is 10.1. The molecule has 4 rings (SSSR count). The maximum Gasteiger partial charge on any atom is 0.242 e. The number of hydrogen-bond acceptors (Lipinski definition) is 4. The van der Waals surface area contributed by atoms with Gasteiger partial charge in [-0.25, -0.2) is 9.97 Å². The normalized spacial score (nSPS) is 16.9. The summed E-state index contributed by atoms with van der Waals surface area (Å²) in [5.41, 5.74) is 1.09. The maximum absolute atomic E-state index is 12.8. The second kappa shape index (κ2) is 8.82. The van der Waals surface area contributed by atoms with E-state index in [1.807, 2.05) is 46.9 Å². The van der Waals surface area contributed by atoms with E-state index in [1.165, 1.54) is 0 Å². The Labute approximate surface area is 175 Å². The lowest BCUT2D eigenvalue weighted by Gasteiger charge is -2.31. The maximum atomic E-state index is 12.8. The quantitative estimate of drug-likeness (QED) is 0.611. The number of hydrogen-bond donors (Lipinski definition) is 0. The van der Waals surface area contributed by atoms with Gasteiger partial charge in [0.05, 0.1) is 12.1 Å². The fraction of sp³-hybridized carbons (Fsp3) is 0.409. The van der Waals surface area contributed by atoms with Gasteiger partial charge in [0.1, 0.15) is 18.1 Å². The number of piperidine rings is 1. The molecule has 0 bridgehead atoms. The van der Waals surface area contributed by atoms with Crippen LogP contribution in [0.3, 0.4) is 0 Å². The van der Waals surface area contributed by atoms with Crippen molar-refractivity contribution in [3.63, 3.8) is 0 Å². The zero-order valence-electron chi connectivity index (χ0n) is 16.6. The number of nitrogens with zero attached hydrogens (tertiary/aromatic N) is 4. The second-order valence-corrected chi connectivity index (χ2v) is 7.91. The molecule has 1 atom stereocenters. The summed E-state index contributed by atoms with van der Waals surface area (Å²) in [6, 6.07) is 7.75. The fourth-order valence-corrected chi connectivity index (χ4v) is 4.10. The Morgan fingerprint density at radius 3 is 3.07 bits per heavy atom. The summed E-state index contributed by atoms with van der Waals surface area (Å²) in [6.07, 6.45) is 8.81. The number of rotatable bonds is 6. The molecule has 2 aromatic heterocycles. The summed E-state index contributed by atoms with van der Waals surface area (Å²) in [4.78, 5) is 23.5. The fourth-order valence-electron chi connectivity index (χ4n) is 3.89. The first-order chi connectivity index (χ1) is 14.1. The van der Waals surface area contributed by atoms with Gasteiger partial charge in [-0.3, -0.25) is 4.79 Å². The number of oxazole rings is 1. The molecule has 1 aromatic carbocycles. The van der Waals surface area contributed by atoms with Gasteiger partial charge in [-0.2, -0.15) is 0 Å². The number of aryl methyl sites for hydroxylation is 1. The Kier molecular flexibility index (Phi) is 6.00. The molecule has 1 aliphatic rings. The number of imidazole rings is 1. The predicted molar refractivity (Wildman–Crippen MR) is 111 cm³/mol. The highest BCUT2D eigenvalue weighted by atomic mass is 35.5. The number of benzene rings is 1. The van der Waals surface area contributed by atoms with E-state index in [0.29, 0.717) is 24.5 Å². The Hall–Kier alpha value is -2.60. The minimum absolute atomic E-state index is 0.119. The standard InChI is InChI=1S/C22H25ClN4O2/c1-2-20-24-8-10-26(20)15-21(28)27-9-4-6-17(14-27)22-25-13-19(29-22)12-16-5-3-7-18(23)11-16/h3,5,7-8,10-11,13,17H,2,4,6,9,12,14-15H2,1H3/t17-/m0/s1. The Morgan fingerprint density at radius 2 is 2.24 bits per heavy atom. The van der Waals surface area contributed by atoms with E-state index in [2.05, 4.69) is 9.97 Å². The van der Waals surface area contributed by atoms with Gasteiger partial charge in [0.2, 0.25) is 5.91 Å². The number of aromatic nitrogens is 3. The number of carbonyl (C=O) groups is 1. The van der Waals surface area contributed by atoms with Crippen molar-refractivity contribution < 1.29 is 9.21 Å². The van der Waals surface area contributed by atoms with Crippen molar-refractivity contribution in [2.45, 2.75) is 45.1 Å². The van der Waals surface area contributed by atoms with Crippen LogP contribution in [0.5, 0.6) is 0 Å². The summed E-state index contributed by atoms with van der Waals surface area (Å²) in [5, 5.41) is 0.716. The largest absolute Gasteiger partial charge is 0.445 e. The van der Waals surface area contributed by atoms with Crippen LogP contribution in [0.15, 0.2) is 47.3 Å². The second-order valence-electron chi connectivity index (χ2n) is 7.48. The molecule has 1 amide bonds. The minimum Gasteiger partial charge on any atom is -0.445 e. The average Bonchev–Trinajstić information content (AvgIpc) is 3.37. The topological polar surface area (TPSA) is 64.2 Å². The van der Waals surface area contributed by atoms with Crippen LogP contribution < -0.4 is 0 Å². The molecular weight excluding hydrogens is 388 g/mol. The van der Waals surface area contributed by atoms with Gasteiger partial charge in [0, 0.05) is 43.3 Å². The van der Waals surface area contributed by atoms with Crippen LogP contribution in [0.1, 0.15) is 48.7 Å². The van der Waals surface area contributed by atoms with Crippen LogP contribution >= 0.6 is 11.6 Å². The predicted octanol–water partition coefficient (Wildman–Crippen LogP) is 4.08. The molecule has 0 saturated carbocycles. The first kappa shape index (κ1) is 19.7. The molecule has 3 aromatic rings. The van der Waals surface area contributed by atoms with Crippen molar-refractivity contribution in [3.05, 3.63) is 70.9 Å². The van der Waals surface area contributed by atoms with Crippen LogP contribution in [0.25, 0.3) is 0 Å². The summed E-state index contributed by atoms with van der Waals surface area (Å²) in [5.74, 6) is 2.72. The molecule has 1 fully saturated rings. The van der Waals surface area contributed by atoms with Gasteiger partial charge < -0.3 is 13.9 Å². The highest BCUT2D eigenvalue weighted by molar-refractivity contribution is 6.30. The first-order valence-corrected chi connectivity index (χ1v) is 10.5. The number of likely N-dealkylation sites (tertiary alicyclic amines) is 1. The summed E-state index contributed by atoms with van der Waals surface area (Å²) in [7, 11) is 0. The van der Waals surface area contributed by atoms with E-state index >= 15 is 0 Å². The Morgan fingerprint density at radius 1 is 1.34 bits per heavy atom. The molecule has 29 heavy (non-hydrogen) atoms. The van der Waals surface area contributed by atoms with Gasteiger partial charge in [-0.15, -0.1) is 0 Å². The lowest BCUT2D eigenvalue weighted by atomic mass is 9.98. The summed E-state index contributed by atoms with van der Waals surface area (Å²) < 4.78 is 7.96. The molecule has 0 radical (unpaired) electrons. The van der Waals surface area contributed by atoms with Crippen LogP contribution in [-0.4, -0.2) is 38.4 Å². The zero-order chi connectivity index (χ0) is 20.2. The summed E-state index contributed by atoms with van der Waals surface area (Å²) in [6.45, 7) is 3.80. The smallest absolute Gasteiger partial charge is 0.242 e. The van der Waals surface area contributed by atoms with Crippen molar-refractivity contribution in [2.75, 3.05) is 13.1 Å². The highest BCUT2D eigenvalue weighted by Gasteiger charge is 2.28. The molecule has 0 aliphatic carbocycles. The lowest BCUT2D eigenvalue weighted by Crippen LogP contribution is -2.41. The molecule has 152 valence electrons. The van der Waals surface area contributed by atoms with Crippen LogP contribution in [0.4, 0.5) is 0 Å². The molecule has 0 N–H and O–H groups in total. The molecule has 0 unspecified atom stereocenters. The average molecular weight is 413 g/mol. The van der Waals surface area contributed by atoms with E-state index in [-0.39, 0.29) is 11.8 Å². The lowest BCUT2D eigenvalue weighted by molar-refractivity contribution is -0.133. The van der Waals surface area contributed by atoms with Crippen molar-refractivity contribution >= 4 is 17.5 Å². The van der Waals surface area contributed by atoms with Crippen molar-refractivity contribution in [1.29, 1.82) is 0 Å². The van der Waals surface area contributed by atoms with Crippen molar-refractivity contribution in [2.24, 2.45) is 0 Å².